The molecule has 3 heterocycles. The van der Waals surface area contributed by atoms with Gasteiger partial charge in [-0.05, 0) is 25.0 Å². The number of nitrogens with zero attached hydrogens (tertiary/aromatic N) is 4. The molecular formula is C16H17F3N4O3. The number of pyridine rings is 1. The van der Waals surface area contributed by atoms with E-state index in [4.69, 9.17) is 4.74 Å². The first-order valence-electron chi connectivity index (χ1n) is 8.02. The third-order valence-corrected chi connectivity index (χ3v) is 4.17. The van der Waals surface area contributed by atoms with Gasteiger partial charge in [0, 0.05) is 43.6 Å². The average molecular weight is 370 g/mol. The fourth-order valence-corrected chi connectivity index (χ4v) is 2.89. The van der Waals surface area contributed by atoms with Crippen LogP contribution in [0.2, 0.25) is 0 Å². The first-order chi connectivity index (χ1) is 12.4. The minimum atomic E-state index is -4.68. The summed E-state index contributed by atoms with van der Waals surface area (Å²) in [6, 6.07) is 3.32. The lowest BCUT2D eigenvalue weighted by atomic mass is 9.94. The van der Waals surface area contributed by atoms with Crippen molar-refractivity contribution in [1.29, 1.82) is 0 Å². The molecule has 0 radical (unpaired) electrons. The molecule has 1 aliphatic rings. The molecule has 0 bridgehead atoms. The van der Waals surface area contributed by atoms with Gasteiger partial charge in [0.1, 0.15) is 6.61 Å². The fraction of sp³-hybridized carbons (Fsp3) is 0.500. The molecule has 1 saturated heterocycles. The number of aromatic nitrogens is 3. The second kappa shape index (κ2) is 7.40. The molecule has 7 nitrogen and oxygen atoms in total. The van der Waals surface area contributed by atoms with Gasteiger partial charge in [-0.1, -0.05) is 5.16 Å². The van der Waals surface area contributed by atoms with E-state index in [0.717, 1.165) is 18.5 Å². The molecule has 0 N–H and O–H groups in total. The third-order valence-electron chi connectivity index (χ3n) is 4.17. The number of carbonyl (C=O) groups excluding carboxylic acids is 1. The Hall–Kier alpha value is -2.49. The molecule has 2 aromatic heterocycles. The number of rotatable bonds is 4. The van der Waals surface area contributed by atoms with Crippen LogP contribution < -0.4 is 0 Å². The number of ether oxygens (including phenoxy) is 1. The molecule has 10 heteroatoms. The number of piperidine rings is 1. The van der Waals surface area contributed by atoms with Crippen molar-refractivity contribution in [1.82, 2.24) is 20.0 Å². The van der Waals surface area contributed by atoms with Gasteiger partial charge in [-0.15, -0.1) is 0 Å². The van der Waals surface area contributed by atoms with E-state index in [0.29, 0.717) is 18.7 Å². The Kier molecular flexibility index (Phi) is 5.21. The van der Waals surface area contributed by atoms with Gasteiger partial charge in [0.25, 0.3) is 0 Å². The number of carbonyl (C=O) groups is 1. The predicted molar refractivity (Wildman–Crippen MR) is 83.0 cm³/mol. The predicted octanol–water partition coefficient (Wildman–Crippen LogP) is 2.50. The molecule has 1 atom stereocenters. The molecule has 1 amide bonds. The SMILES string of the molecule is COCC(=O)N1CCC[C@H](c2ccc(-c3noc(C(F)(F)F)n3)cn2)C1. The molecule has 3 rings (SSSR count). The van der Waals surface area contributed by atoms with Crippen LogP contribution >= 0.6 is 0 Å². The highest BCUT2D eigenvalue weighted by atomic mass is 19.4. The van der Waals surface area contributed by atoms with Crippen LogP contribution in [0.4, 0.5) is 13.2 Å². The number of halogens is 3. The topological polar surface area (TPSA) is 81.4 Å². The van der Waals surface area contributed by atoms with Crippen LogP contribution in [0.15, 0.2) is 22.9 Å². The summed E-state index contributed by atoms with van der Waals surface area (Å²) < 4.78 is 46.7. The smallest absolute Gasteiger partial charge is 0.375 e. The van der Waals surface area contributed by atoms with Crippen LogP contribution in [-0.4, -0.2) is 52.7 Å². The van der Waals surface area contributed by atoms with Crippen molar-refractivity contribution < 1.29 is 27.2 Å². The minimum Gasteiger partial charge on any atom is -0.375 e. The number of alkyl halides is 3. The van der Waals surface area contributed by atoms with Crippen molar-refractivity contribution in [3.8, 4) is 11.4 Å². The monoisotopic (exact) mass is 370 g/mol. The molecule has 0 saturated carbocycles. The highest BCUT2D eigenvalue weighted by Gasteiger charge is 2.38. The van der Waals surface area contributed by atoms with Gasteiger partial charge in [-0.2, -0.15) is 18.2 Å². The zero-order valence-corrected chi connectivity index (χ0v) is 14.0. The van der Waals surface area contributed by atoms with Gasteiger partial charge >= 0.3 is 12.1 Å². The lowest BCUT2D eigenvalue weighted by Gasteiger charge is -2.32. The zero-order valence-electron chi connectivity index (χ0n) is 14.0. The van der Waals surface area contributed by atoms with Crippen LogP contribution in [0.1, 0.15) is 30.3 Å². The Bertz CT molecular complexity index is 761. The Morgan fingerprint density at radius 1 is 1.42 bits per heavy atom. The van der Waals surface area contributed by atoms with E-state index in [9.17, 15) is 18.0 Å². The summed E-state index contributed by atoms with van der Waals surface area (Å²) in [5.41, 5.74) is 1.10. The summed E-state index contributed by atoms with van der Waals surface area (Å²) >= 11 is 0. The van der Waals surface area contributed by atoms with E-state index in [1.54, 1.807) is 17.0 Å². The Balaban J connectivity index is 1.71. The first-order valence-corrected chi connectivity index (χ1v) is 8.02. The van der Waals surface area contributed by atoms with Crippen molar-refractivity contribution >= 4 is 5.91 Å². The standard InChI is InChI=1S/C16H17F3N4O3/c1-25-9-13(24)23-6-2-3-11(8-23)12-5-4-10(7-20-12)14-21-15(26-22-14)16(17,18)19/h4-5,7,11H,2-3,6,8-9H2,1H3/t11-/m0/s1. The second-order valence-corrected chi connectivity index (χ2v) is 6.00. The van der Waals surface area contributed by atoms with Gasteiger partial charge < -0.3 is 14.2 Å². The van der Waals surface area contributed by atoms with Crippen molar-refractivity contribution in [2.24, 2.45) is 0 Å². The van der Waals surface area contributed by atoms with E-state index in [2.05, 4.69) is 19.6 Å². The second-order valence-electron chi connectivity index (χ2n) is 6.00. The van der Waals surface area contributed by atoms with Crippen molar-refractivity contribution in [3.05, 3.63) is 29.9 Å². The first kappa shape index (κ1) is 18.3. The van der Waals surface area contributed by atoms with Crippen molar-refractivity contribution in [2.75, 3.05) is 26.8 Å². The van der Waals surface area contributed by atoms with E-state index < -0.39 is 12.1 Å². The molecule has 0 aliphatic carbocycles. The molecule has 1 fully saturated rings. The van der Waals surface area contributed by atoms with Crippen LogP contribution in [0.3, 0.4) is 0 Å². The molecule has 0 aromatic carbocycles. The van der Waals surface area contributed by atoms with Gasteiger partial charge in [-0.25, -0.2) is 0 Å². The Labute approximate surface area is 147 Å². The maximum absolute atomic E-state index is 12.5. The molecular weight excluding hydrogens is 353 g/mol. The largest absolute Gasteiger partial charge is 0.471 e. The molecule has 26 heavy (non-hydrogen) atoms. The molecule has 2 aromatic rings. The summed E-state index contributed by atoms with van der Waals surface area (Å²) in [5.74, 6) is -1.57. The van der Waals surface area contributed by atoms with Gasteiger partial charge in [0.05, 0.1) is 0 Å². The van der Waals surface area contributed by atoms with Crippen LogP contribution in [0, 0.1) is 0 Å². The number of methoxy groups -OCH3 is 1. The maximum atomic E-state index is 12.5. The lowest BCUT2D eigenvalue weighted by molar-refractivity contribution is -0.159. The summed E-state index contributed by atoms with van der Waals surface area (Å²) in [4.78, 5) is 21.4. The number of hydrogen-bond acceptors (Lipinski definition) is 6. The molecule has 0 spiro atoms. The quantitative estimate of drug-likeness (QED) is 0.823. The molecule has 1 aliphatic heterocycles. The summed E-state index contributed by atoms with van der Waals surface area (Å²) in [7, 11) is 1.47. The van der Waals surface area contributed by atoms with E-state index in [1.807, 2.05) is 0 Å². The molecule has 0 unspecified atom stereocenters. The normalized spacial score (nSPS) is 18.2. The van der Waals surface area contributed by atoms with Crippen LogP contribution in [0.5, 0.6) is 0 Å². The Morgan fingerprint density at radius 2 is 2.23 bits per heavy atom. The van der Waals surface area contributed by atoms with Gasteiger partial charge in [0.15, 0.2) is 0 Å². The fourth-order valence-electron chi connectivity index (χ4n) is 2.89. The van der Waals surface area contributed by atoms with E-state index in [-0.39, 0.29) is 24.3 Å². The number of amides is 1. The number of hydrogen-bond donors (Lipinski definition) is 0. The summed E-state index contributed by atoms with van der Waals surface area (Å²) in [6.45, 7) is 1.26. The van der Waals surface area contributed by atoms with Crippen molar-refractivity contribution in [2.45, 2.75) is 24.9 Å². The van der Waals surface area contributed by atoms with E-state index >= 15 is 0 Å². The van der Waals surface area contributed by atoms with Gasteiger partial charge in [0.2, 0.25) is 11.7 Å². The molecule has 140 valence electrons. The summed E-state index contributed by atoms with van der Waals surface area (Å²) in [5, 5.41) is 3.34. The highest BCUT2D eigenvalue weighted by molar-refractivity contribution is 5.77. The Morgan fingerprint density at radius 3 is 2.85 bits per heavy atom. The maximum Gasteiger partial charge on any atom is 0.471 e. The highest BCUT2D eigenvalue weighted by Crippen LogP contribution is 2.30. The number of likely N-dealkylation sites (tertiary alicyclic amines) is 1. The van der Waals surface area contributed by atoms with Crippen LogP contribution in [-0.2, 0) is 15.7 Å². The van der Waals surface area contributed by atoms with Gasteiger partial charge in [-0.3, -0.25) is 9.78 Å². The minimum absolute atomic E-state index is 0.0401. The van der Waals surface area contributed by atoms with Crippen LogP contribution in [0.25, 0.3) is 11.4 Å². The average Bonchev–Trinajstić information content (AvgIpc) is 3.13. The van der Waals surface area contributed by atoms with E-state index in [1.165, 1.54) is 13.3 Å². The zero-order chi connectivity index (χ0) is 18.7. The lowest BCUT2D eigenvalue weighted by Crippen LogP contribution is -2.41. The van der Waals surface area contributed by atoms with Crippen molar-refractivity contribution in [3.63, 3.8) is 0 Å². The summed E-state index contributed by atoms with van der Waals surface area (Å²) in [6.07, 6.45) is -1.54. The third kappa shape index (κ3) is 4.01.